The normalized spacial score (nSPS) is 22.5. The first-order valence-corrected chi connectivity index (χ1v) is 9.06. The third-order valence-corrected chi connectivity index (χ3v) is 4.86. The zero-order chi connectivity index (χ0) is 15.1. The maximum absolute atomic E-state index is 5.27. The summed E-state index contributed by atoms with van der Waals surface area (Å²) in [5, 5.41) is 11.6. The minimum absolute atomic E-state index is 0.529. The van der Waals surface area contributed by atoms with E-state index >= 15 is 0 Å². The standard InChI is InChI=1S/C15H26N4OS/c1-4-11-8-13(20-19-11)10-17-15(16-5-2)18-12-6-7-14(9-12)21-3/h8,12,14H,4-7,9-10H2,1-3H3,(H2,16,17,18). The summed E-state index contributed by atoms with van der Waals surface area (Å²) in [5.74, 6) is 1.69. The molecular weight excluding hydrogens is 284 g/mol. The van der Waals surface area contributed by atoms with Gasteiger partial charge in [-0.15, -0.1) is 0 Å². The lowest BCUT2D eigenvalue weighted by Crippen LogP contribution is -2.42. The van der Waals surface area contributed by atoms with Gasteiger partial charge in [0.05, 0.1) is 5.69 Å². The number of hydrogen-bond donors (Lipinski definition) is 2. The van der Waals surface area contributed by atoms with Crippen LogP contribution in [0.3, 0.4) is 0 Å². The van der Waals surface area contributed by atoms with E-state index in [2.05, 4.69) is 40.9 Å². The predicted molar refractivity (Wildman–Crippen MR) is 88.8 cm³/mol. The minimum Gasteiger partial charge on any atom is -0.359 e. The number of hydrogen-bond acceptors (Lipinski definition) is 4. The average molecular weight is 310 g/mol. The Balaban J connectivity index is 1.89. The molecule has 0 aromatic carbocycles. The van der Waals surface area contributed by atoms with Gasteiger partial charge >= 0.3 is 0 Å². The van der Waals surface area contributed by atoms with Crippen LogP contribution in [0.4, 0.5) is 0 Å². The number of aromatic nitrogens is 1. The van der Waals surface area contributed by atoms with Crippen LogP contribution in [-0.4, -0.2) is 35.2 Å². The summed E-state index contributed by atoms with van der Waals surface area (Å²) in [7, 11) is 0. The highest BCUT2D eigenvalue weighted by molar-refractivity contribution is 7.99. The molecule has 0 amide bonds. The molecule has 118 valence electrons. The average Bonchev–Trinajstić information content (AvgIpc) is 3.13. The fraction of sp³-hybridized carbons (Fsp3) is 0.733. The van der Waals surface area contributed by atoms with Crippen LogP contribution in [0.5, 0.6) is 0 Å². The summed E-state index contributed by atoms with van der Waals surface area (Å²) >= 11 is 1.97. The van der Waals surface area contributed by atoms with Crippen LogP contribution in [0.2, 0.25) is 0 Å². The van der Waals surface area contributed by atoms with Gasteiger partial charge in [0.15, 0.2) is 11.7 Å². The molecule has 2 N–H and O–H groups in total. The SMILES string of the molecule is CCNC(=NCc1cc(CC)no1)NC1CCC(SC)C1. The summed E-state index contributed by atoms with van der Waals surface area (Å²) < 4.78 is 5.27. The van der Waals surface area contributed by atoms with Gasteiger partial charge in [-0.3, -0.25) is 0 Å². The van der Waals surface area contributed by atoms with Crippen LogP contribution in [0.15, 0.2) is 15.6 Å². The summed E-state index contributed by atoms with van der Waals surface area (Å²) in [6.45, 7) is 5.54. The summed E-state index contributed by atoms with van der Waals surface area (Å²) in [6, 6.07) is 2.51. The lowest BCUT2D eigenvalue weighted by molar-refractivity contribution is 0.379. The van der Waals surface area contributed by atoms with Gasteiger partial charge in [-0.1, -0.05) is 12.1 Å². The molecule has 1 saturated carbocycles. The lowest BCUT2D eigenvalue weighted by atomic mass is 10.2. The van der Waals surface area contributed by atoms with E-state index in [0.717, 1.165) is 35.6 Å². The van der Waals surface area contributed by atoms with Crippen molar-refractivity contribution in [3.63, 3.8) is 0 Å². The van der Waals surface area contributed by atoms with Gasteiger partial charge in [0.25, 0.3) is 0 Å². The summed E-state index contributed by atoms with van der Waals surface area (Å²) in [4.78, 5) is 4.60. The van der Waals surface area contributed by atoms with Crippen molar-refractivity contribution >= 4 is 17.7 Å². The number of thioether (sulfide) groups is 1. The molecule has 2 unspecified atom stereocenters. The van der Waals surface area contributed by atoms with Crippen molar-refractivity contribution in [2.45, 2.75) is 57.4 Å². The van der Waals surface area contributed by atoms with Gasteiger partial charge in [-0.2, -0.15) is 11.8 Å². The third-order valence-electron chi connectivity index (χ3n) is 3.77. The highest BCUT2D eigenvalue weighted by Crippen LogP contribution is 2.28. The van der Waals surface area contributed by atoms with Crippen molar-refractivity contribution in [3.05, 3.63) is 17.5 Å². The fourth-order valence-electron chi connectivity index (χ4n) is 2.55. The van der Waals surface area contributed by atoms with E-state index < -0.39 is 0 Å². The zero-order valence-corrected chi connectivity index (χ0v) is 14.0. The topological polar surface area (TPSA) is 62.5 Å². The van der Waals surface area contributed by atoms with Gasteiger partial charge in [-0.25, -0.2) is 4.99 Å². The molecule has 1 aromatic rings. The Hall–Kier alpha value is -1.17. The van der Waals surface area contributed by atoms with Gasteiger partial charge in [0, 0.05) is 23.9 Å². The highest BCUT2D eigenvalue weighted by atomic mass is 32.2. The molecule has 1 heterocycles. The highest BCUT2D eigenvalue weighted by Gasteiger charge is 2.24. The van der Waals surface area contributed by atoms with Crippen LogP contribution in [0, 0.1) is 0 Å². The van der Waals surface area contributed by atoms with Gasteiger partial charge in [-0.05, 0) is 38.9 Å². The Kier molecular flexibility index (Phi) is 6.42. The predicted octanol–water partition coefficient (Wildman–Crippen LogP) is 2.58. The number of guanidine groups is 1. The number of nitrogens with one attached hydrogen (secondary N) is 2. The molecule has 0 saturated heterocycles. The second kappa shape index (κ2) is 8.32. The number of nitrogens with zero attached hydrogens (tertiary/aromatic N) is 2. The van der Waals surface area contributed by atoms with E-state index in [1.54, 1.807) is 0 Å². The number of aliphatic imine (C=N–C) groups is 1. The van der Waals surface area contributed by atoms with Crippen LogP contribution < -0.4 is 10.6 Å². The van der Waals surface area contributed by atoms with E-state index in [0.29, 0.717) is 12.6 Å². The molecule has 1 aliphatic rings. The van der Waals surface area contributed by atoms with E-state index in [-0.39, 0.29) is 0 Å². The molecule has 1 fully saturated rings. The molecule has 2 atom stereocenters. The number of rotatable bonds is 6. The number of aryl methyl sites for hydroxylation is 1. The van der Waals surface area contributed by atoms with Gasteiger partial charge in [0.1, 0.15) is 6.54 Å². The molecule has 6 heteroatoms. The quantitative estimate of drug-likeness (QED) is 0.624. The second-order valence-electron chi connectivity index (χ2n) is 5.35. The van der Waals surface area contributed by atoms with Crippen molar-refractivity contribution in [2.75, 3.05) is 12.8 Å². The van der Waals surface area contributed by atoms with Crippen LogP contribution in [0.25, 0.3) is 0 Å². The molecule has 0 aliphatic heterocycles. The van der Waals surface area contributed by atoms with Gasteiger partial charge in [0.2, 0.25) is 0 Å². The monoisotopic (exact) mass is 310 g/mol. The maximum Gasteiger partial charge on any atom is 0.191 e. The summed E-state index contributed by atoms with van der Waals surface area (Å²) in [6.07, 6.45) is 6.82. The molecule has 21 heavy (non-hydrogen) atoms. The second-order valence-corrected chi connectivity index (χ2v) is 6.48. The summed E-state index contributed by atoms with van der Waals surface area (Å²) in [5.41, 5.74) is 0.983. The molecule has 2 rings (SSSR count). The van der Waals surface area contributed by atoms with Crippen LogP contribution >= 0.6 is 11.8 Å². The Bertz CT molecular complexity index is 460. The smallest absolute Gasteiger partial charge is 0.191 e. The van der Waals surface area contributed by atoms with E-state index in [9.17, 15) is 0 Å². The first-order valence-electron chi connectivity index (χ1n) is 7.77. The fourth-order valence-corrected chi connectivity index (χ4v) is 3.35. The van der Waals surface area contributed by atoms with Crippen molar-refractivity contribution in [2.24, 2.45) is 4.99 Å². The Morgan fingerprint density at radius 3 is 2.95 bits per heavy atom. The largest absolute Gasteiger partial charge is 0.359 e. The molecule has 0 radical (unpaired) electrons. The van der Waals surface area contributed by atoms with E-state index in [1.807, 2.05) is 17.8 Å². The van der Waals surface area contributed by atoms with E-state index in [4.69, 9.17) is 4.52 Å². The molecular formula is C15H26N4OS. The zero-order valence-electron chi connectivity index (χ0n) is 13.2. The molecule has 1 aliphatic carbocycles. The third kappa shape index (κ3) is 4.95. The molecule has 0 bridgehead atoms. The van der Waals surface area contributed by atoms with Crippen molar-refractivity contribution in [3.8, 4) is 0 Å². The van der Waals surface area contributed by atoms with Crippen LogP contribution in [0.1, 0.15) is 44.6 Å². The lowest BCUT2D eigenvalue weighted by Gasteiger charge is -2.16. The van der Waals surface area contributed by atoms with Crippen molar-refractivity contribution in [1.82, 2.24) is 15.8 Å². The molecule has 1 aromatic heterocycles. The maximum atomic E-state index is 5.27. The Morgan fingerprint density at radius 2 is 2.33 bits per heavy atom. The van der Waals surface area contributed by atoms with Crippen molar-refractivity contribution < 1.29 is 4.52 Å². The Labute approximate surface area is 131 Å². The van der Waals surface area contributed by atoms with E-state index in [1.165, 1.54) is 19.3 Å². The van der Waals surface area contributed by atoms with Crippen LogP contribution in [-0.2, 0) is 13.0 Å². The minimum atomic E-state index is 0.529. The molecule has 0 spiro atoms. The van der Waals surface area contributed by atoms with Gasteiger partial charge < -0.3 is 15.2 Å². The van der Waals surface area contributed by atoms with Crippen molar-refractivity contribution in [1.29, 1.82) is 0 Å². The Morgan fingerprint density at radius 1 is 1.48 bits per heavy atom. The first-order chi connectivity index (χ1) is 10.2. The first kappa shape index (κ1) is 16.2. The molecule has 5 nitrogen and oxygen atoms in total.